The van der Waals surface area contributed by atoms with Gasteiger partial charge in [-0.1, -0.05) is 18.6 Å². The first-order valence-electron chi connectivity index (χ1n) is 6.12. The van der Waals surface area contributed by atoms with Crippen molar-refractivity contribution in [3.05, 3.63) is 22.8 Å². The Morgan fingerprint density at radius 1 is 1.40 bits per heavy atom. The van der Waals surface area contributed by atoms with Crippen molar-refractivity contribution in [3.63, 3.8) is 0 Å². The lowest BCUT2D eigenvalue weighted by molar-refractivity contribution is -0.115. The van der Waals surface area contributed by atoms with Gasteiger partial charge in [-0.3, -0.25) is 4.79 Å². The predicted octanol–water partition coefficient (Wildman–Crippen LogP) is 3.41. The third kappa shape index (κ3) is 0.965. The van der Waals surface area contributed by atoms with E-state index in [1.54, 1.807) is 0 Å². The summed E-state index contributed by atoms with van der Waals surface area (Å²) in [5.74, 6) is 0.930. The van der Waals surface area contributed by atoms with Gasteiger partial charge in [0, 0.05) is 0 Å². The molecular formula is C14H18O. The Labute approximate surface area is 91.2 Å². The van der Waals surface area contributed by atoms with Gasteiger partial charge >= 0.3 is 0 Å². The predicted molar refractivity (Wildman–Crippen MR) is 60.5 cm³/mol. The van der Waals surface area contributed by atoms with Crippen LogP contribution in [0.1, 0.15) is 46.0 Å². The van der Waals surface area contributed by atoms with Crippen LogP contribution in [0, 0.1) is 11.3 Å². The number of Topliss-reactive ketones (excluding diaryl/α,β-unsaturated/α-hetero) is 1. The number of rotatable bonds is 0. The molecule has 1 saturated carbocycles. The molecule has 0 aromatic heterocycles. The van der Waals surface area contributed by atoms with E-state index < -0.39 is 0 Å². The summed E-state index contributed by atoms with van der Waals surface area (Å²) in [4.78, 5) is 12.2. The fraction of sp³-hybridized carbons (Fsp3) is 0.643. The number of allylic oxidation sites excluding steroid dienone is 4. The van der Waals surface area contributed by atoms with E-state index in [1.807, 2.05) is 6.92 Å². The smallest absolute Gasteiger partial charge is 0.184 e. The Morgan fingerprint density at radius 3 is 2.80 bits per heavy atom. The zero-order valence-electron chi connectivity index (χ0n) is 9.60. The summed E-state index contributed by atoms with van der Waals surface area (Å²) in [7, 11) is 0. The summed E-state index contributed by atoms with van der Waals surface area (Å²) in [6.45, 7) is 4.39. The lowest BCUT2D eigenvalue weighted by Crippen LogP contribution is -2.45. The lowest BCUT2D eigenvalue weighted by Gasteiger charge is -2.52. The average molecular weight is 202 g/mol. The molecule has 1 fully saturated rings. The van der Waals surface area contributed by atoms with Crippen molar-refractivity contribution in [2.75, 3.05) is 0 Å². The topological polar surface area (TPSA) is 17.1 Å². The van der Waals surface area contributed by atoms with Crippen molar-refractivity contribution in [2.45, 2.75) is 46.0 Å². The van der Waals surface area contributed by atoms with Crippen LogP contribution in [0.15, 0.2) is 22.8 Å². The van der Waals surface area contributed by atoms with Gasteiger partial charge in [0.05, 0.1) is 0 Å². The van der Waals surface area contributed by atoms with Crippen molar-refractivity contribution in [3.8, 4) is 0 Å². The van der Waals surface area contributed by atoms with E-state index in [-0.39, 0.29) is 0 Å². The first-order valence-corrected chi connectivity index (χ1v) is 6.12. The molecule has 2 atom stereocenters. The standard InChI is InChI=1S/C14H18O/c1-3-9-12-7-8-14(12,2)11-6-4-5-10(11)13(9)15/h3,12H,4-8H2,1-2H3/b9-3+/t12-,14+/m0/s1. The molecule has 0 heterocycles. The molecule has 0 aliphatic heterocycles. The maximum atomic E-state index is 12.2. The highest BCUT2D eigenvalue weighted by atomic mass is 16.1. The van der Waals surface area contributed by atoms with Gasteiger partial charge in [0.1, 0.15) is 0 Å². The number of ketones is 1. The van der Waals surface area contributed by atoms with E-state index in [0.29, 0.717) is 17.1 Å². The van der Waals surface area contributed by atoms with Crippen LogP contribution in [0.5, 0.6) is 0 Å². The Kier molecular flexibility index (Phi) is 1.78. The van der Waals surface area contributed by atoms with Crippen LogP contribution in [0.3, 0.4) is 0 Å². The van der Waals surface area contributed by atoms with Crippen LogP contribution in [0.4, 0.5) is 0 Å². The quantitative estimate of drug-likeness (QED) is 0.550. The molecule has 0 N–H and O–H groups in total. The monoisotopic (exact) mass is 202 g/mol. The highest BCUT2D eigenvalue weighted by molar-refractivity contribution is 6.11. The van der Waals surface area contributed by atoms with Gasteiger partial charge < -0.3 is 0 Å². The molecule has 0 saturated heterocycles. The molecule has 15 heavy (non-hydrogen) atoms. The Hall–Kier alpha value is -0.850. The minimum atomic E-state index is 0.363. The van der Waals surface area contributed by atoms with E-state index in [1.165, 1.54) is 36.8 Å². The third-order valence-electron chi connectivity index (χ3n) is 4.85. The molecule has 1 heteroatoms. The zero-order valence-corrected chi connectivity index (χ0v) is 9.60. The van der Waals surface area contributed by atoms with Crippen LogP contribution >= 0.6 is 0 Å². The zero-order chi connectivity index (χ0) is 10.6. The van der Waals surface area contributed by atoms with Gasteiger partial charge in [0.15, 0.2) is 5.78 Å². The molecule has 0 spiro atoms. The Balaban J connectivity index is 2.17. The fourth-order valence-electron chi connectivity index (χ4n) is 3.87. The highest BCUT2D eigenvalue weighted by Crippen LogP contribution is 2.61. The molecule has 1 nitrogen and oxygen atoms in total. The van der Waals surface area contributed by atoms with Crippen LogP contribution in [-0.4, -0.2) is 5.78 Å². The molecule has 0 aromatic rings. The van der Waals surface area contributed by atoms with E-state index in [0.717, 1.165) is 12.0 Å². The number of carbonyl (C=O) groups excluding carboxylic acids is 1. The van der Waals surface area contributed by atoms with E-state index in [4.69, 9.17) is 0 Å². The molecule has 0 bridgehead atoms. The highest BCUT2D eigenvalue weighted by Gasteiger charge is 2.53. The summed E-state index contributed by atoms with van der Waals surface area (Å²) in [5.41, 5.74) is 4.18. The van der Waals surface area contributed by atoms with Gasteiger partial charge in [-0.15, -0.1) is 0 Å². The second-order valence-electron chi connectivity index (χ2n) is 5.39. The number of hydrogen-bond donors (Lipinski definition) is 0. The Morgan fingerprint density at radius 2 is 2.20 bits per heavy atom. The summed E-state index contributed by atoms with van der Waals surface area (Å²) in [6.07, 6.45) is 8.00. The normalized spacial score (nSPS) is 41.6. The molecule has 0 amide bonds. The average Bonchev–Trinajstić information content (AvgIpc) is 2.69. The fourth-order valence-corrected chi connectivity index (χ4v) is 3.87. The summed E-state index contributed by atoms with van der Waals surface area (Å²) < 4.78 is 0. The van der Waals surface area contributed by atoms with Gasteiger partial charge in [-0.25, -0.2) is 0 Å². The van der Waals surface area contributed by atoms with E-state index >= 15 is 0 Å². The molecule has 80 valence electrons. The Bertz CT molecular complexity index is 400. The van der Waals surface area contributed by atoms with Crippen molar-refractivity contribution in [1.29, 1.82) is 0 Å². The van der Waals surface area contributed by atoms with E-state index in [9.17, 15) is 4.79 Å². The van der Waals surface area contributed by atoms with Crippen LogP contribution in [0.2, 0.25) is 0 Å². The van der Waals surface area contributed by atoms with Crippen LogP contribution in [0.25, 0.3) is 0 Å². The van der Waals surface area contributed by atoms with Crippen molar-refractivity contribution < 1.29 is 4.79 Å². The number of fused-ring (bicyclic) bond motifs is 2. The van der Waals surface area contributed by atoms with E-state index in [2.05, 4.69) is 13.0 Å². The lowest BCUT2D eigenvalue weighted by atomic mass is 9.51. The second kappa shape index (κ2) is 2.84. The van der Waals surface area contributed by atoms with Crippen molar-refractivity contribution >= 4 is 5.78 Å². The number of carbonyl (C=O) groups is 1. The largest absolute Gasteiger partial charge is 0.289 e. The molecule has 3 aliphatic carbocycles. The summed E-state index contributed by atoms with van der Waals surface area (Å²) >= 11 is 0. The van der Waals surface area contributed by atoms with Crippen LogP contribution < -0.4 is 0 Å². The summed E-state index contributed by atoms with van der Waals surface area (Å²) in [5, 5.41) is 0. The molecule has 0 aromatic carbocycles. The number of hydrogen-bond acceptors (Lipinski definition) is 1. The van der Waals surface area contributed by atoms with Gasteiger partial charge in [0.2, 0.25) is 0 Å². The molecule has 3 rings (SSSR count). The van der Waals surface area contributed by atoms with Crippen LogP contribution in [-0.2, 0) is 4.79 Å². The molecule has 3 aliphatic rings. The second-order valence-corrected chi connectivity index (χ2v) is 5.39. The summed E-state index contributed by atoms with van der Waals surface area (Å²) in [6, 6.07) is 0. The minimum Gasteiger partial charge on any atom is -0.289 e. The third-order valence-corrected chi connectivity index (χ3v) is 4.85. The molecule has 0 unspecified atom stereocenters. The SMILES string of the molecule is C/C=C1/C(=O)C2=C(CCC2)[C@@]2(C)CC[C@@H]12. The maximum Gasteiger partial charge on any atom is 0.184 e. The van der Waals surface area contributed by atoms with Gasteiger partial charge in [0.25, 0.3) is 0 Å². The minimum absolute atomic E-state index is 0.363. The molecule has 0 radical (unpaired) electrons. The van der Waals surface area contributed by atoms with Gasteiger partial charge in [-0.2, -0.15) is 0 Å². The van der Waals surface area contributed by atoms with Crippen molar-refractivity contribution in [2.24, 2.45) is 11.3 Å². The van der Waals surface area contributed by atoms with Gasteiger partial charge in [-0.05, 0) is 61.5 Å². The first kappa shape index (κ1) is 9.38. The molecular weight excluding hydrogens is 184 g/mol. The first-order chi connectivity index (χ1) is 7.18. The van der Waals surface area contributed by atoms with Crippen molar-refractivity contribution in [1.82, 2.24) is 0 Å². The maximum absolute atomic E-state index is 12.2.